The van der Waals surface area contributed by atoms with Crippen molar-refractivity contribution in [2.75, 3.05) is 12.4 Å². The Balaban J connectivity index is 1.80. The van der Waals surface area contributed by atoms with Gasteiger partial charge in [0.2, 0.25) is 0 Å². The summed E-state index contributed by atoms with van der Waals surface area (Å²) in [6.07, 6.45) is 0. The predicted molar refractivity (Wildman–Crippen MR) is 136 cm³/mol. The molecule has 6 nitrogen and oxygen atoms in total. The topological polar surface area (TPSA) is 67.2 Å². The van der Waals surface area contributed by atoms with Crippen LogP contribution >= 0.6 is 15.9 Å². The molecule has 0 aliphatic rings. The van der Waals surface area contributed by atoms with Crippen molar-refractivity contribution in [3.05, 3.63) is 98.5 Å². The van der Waals surface area contributed by atoms with Crippen molar-refractivity contribution >= 4 is 38.6 Å². The van der Waals surface area contributed by atoms with Crippen LogP contribution in [0.1, 0.15) is 29.9 Å². The van der Waals surface area contributed by atoms with Crippen LogP contribution in [0, 0.1) is 13.8 Å². The number of nitrogens with one attached hydrogen (secondary N) is 1. The van der Waals surface area contributed by atoms with E-state index in [-0.39, 0.29) is 11.6 Å². The highest BCUT2D eigenvalue weighted by atomic mass is 79.9. The van der Waals surface area contributed by atoms with Gasteiger partial charge in [-0.15, -0.1) is 0 Å². The lowest BCUT2D eigenvalue weighted by Gasteiger charge is -2.27. The zero-order valence-electron chi connectivity index (χ0n) is 19.0. The molecule has 3 aromatic carbocycles. The maximum absolute atomic E-state index is 13.6. The van der Waals surface area contributed by atoms with Crippen LogP contribution in [0.25, 0.3) is 16.6 Å². The van der Waals surface area contributed by atoms with E-state index >= 15 is 0 Å². The number of benzene rings is 3. The monoisotopic (exact) mass is 504 g/mol. The highest BCUT2D eigenvalue weighted by molar-refractivity contribution is 9.10. The molecule has 1 atom stereocenters. The van der Waals surface area contributed by atoms with Crippen LogP contribution < -0.4 is 10.9 Å². The van der Waals surface area contributed by atoms with E-state index in [1.54, 1.807) is 22.6 Å². The van der Waals surface area contributed by atoms with Crippen molar-refractivity contribution < 1.29 is 4.79 Å². The Labute approximate surface area is 201 Å². The maximum atomic E-state index is 13.6. The Kier molecular flexibility index (Phi) is 6.33. The average Bonchev–Trinajstić information content (AvgIpc) is 2.80. The van der Waals surface area contributed by atoms with E-state index in [0.717, 1.165) is 21.3 Å². The zero-order valence-corrected chi connectivity index (χ0v) is 20.6. The molecule has 1 N–H and O–H groups in total. The van der Waals surface area contributed by atoms with Crippen LogP contribution in [0.2, 0.25) is 0 Å². The van der Waals surface area contributed by atoms with Crippen LogP contribution in [0.5, 0.6) is 0 Å². The van der Waals surface area contributed by atoms with Gasteiger partial charge in [0.25, 0.3) is 5.56 Å². The normalized spacial score (nSPS) is 11.9. The molecule has 168 valence electrons. The second kappa shape index (κ2) is 9.19. The second-order valence-electron chi connectivity index (χ2n) is 8.14. The number of rotatable bonds is 4. The van der Waals surface area contributed by atoms with E-state index in [2.05, 4.69) is 21.2 Å². The number of fused-ring (bicyclic) bond motifs is 1. The summed E-state index contributed by atoms with van der Waals surface area (Å²) in [5.74, 6) is 0.499. The van der Waals surface area contributed by atoms with Crippen molar-refractivity contribution in [3.8, 4) is 5.69 Å². The molecule has 0 fully saturated rings. The van der Waals surface area contributed by atoms with E-state index in [4.69, 9.17) is 4.98 Å². The SMILES string of the molecule is Cc1ccc(-n2c(C(C)N(C)C(=O)Nc3ccc(Br)cc3)nc3ccccc3c2=O)c(C)c1. The van der Waals surface area contributed by atoms with Gasteiger partial charge < -0.3 is 10.2 Å². The molecule has 0 aliphatic heterocycles. The lowest BCUT2D eigenvalue weighted by molar-refractivity contribution is 0.205. The van der Waals surface area contributed by atoms with E-state index < -0.39 is 6.04 Å². The quantitative estimate of drug-likeness (QED) is 0.371. The fraction of sp³-hybridized carbons (Fsp3) is 0.192. The molecule has 4 aromatic rings. The smallest absolute Gasteiger partial charge is 0.318 e. The second-order valence-corrected chi connectivity index (χ2v) is 9.06. The summed E-state index contributed by atoms with van der Waals surface area (Å²) in [4.78, 5) is 33.0. The minimum absolute atomic E-state index is 0.156. The van der Waals surface area contributed by atoms with Gasteiger partial charge in [-0.3, -0.25) is 9.36 Å². The summed E-state index contributed by atoms with van der Waals surface area (Å²) in [6, 6.07) is 19.8. The first-order valence-corrected chi connectivity index (χ1v) is 11.4. The maximum Gasteiger partial charge on any atom is 0.322 e. The number of carbonyl (C=O) groups is 1. The fourth-order valence-electron chi connectivity index (χ4n) is 3.81. The standard InChI is InChI=1S/C26H25BrN4O2/c1-16-9-14-23(17(2)15-16)31-24(29-22-8-6-5-7-21(22)25(31)32)18(3)30(4)26(33)28-20-12-10-19(27)11-13-20/h5-15,18H,1-4H3,(H,28,33). The van der Waals surface area contributed by atoms with E-state index in [1.165, 1.54) is 0 Å². The Morgan fingerprint density at radius 1 is 1.06 bits per heavy atom. The molecule has 0 saturated carbocycles. The van der Waals surface area contributed by atoms with E-state index in [1.807, 2.05) is 81.4 Å². The molecule has 1 heterocycles. The van der Waals surface area contributed by atoms with Crippen molar-refractivity contribution in [3.63, 3.8) is 0 Å². The lowest BCUT2D eigenvalue weighted by Crippen LogP contribution is -2.37. The minimum atomic E-state index is -0.474. The molecule has 0 bridgehead atoms. The number of carbonyl (C=O) groups excluding carboxylic acids is 1. The number of urea groups is 1. The van der Waals surface area contributed by atoms with Gasteiger partial charge in [-0.05, 0) is 68.8 Å². The van der Waals surface area contributed by atoms with Crippen LogP contribution in [-0.2, 0) is 0 Å². The molecule has 1 aromatic heterocycles. The number of amides is 2. The third kappa shape index (κ3) is 4.54. The number of nitrogens with zero attached hydrogens (tertiary/aromatic N) is 3. The largest absolute Gasteiger partial charge is 0.322 e. The van der Waals surface area contributed by atoms with Crippen LogP contribution in [0.3, 0.4) is 0 Å². The highest BCUT2D eigenvalue weighted by Gasteiger charge is 2.25. The number of hydrogen-bond acceptors (Lipinski definition) is 3. The number of halogens is 1. The van der Waals surface area contributed by atoms with Gasteiger partial charge in [-0.25, -0.2) is 9.78 Å². The zero-order chi connectivity index (χ0) is 23.7. The number of aromatic nitrogens is 2. The van der Waals surface area contributed by atoms with Crippen LogP contribution in [-0.4, -0.2) is 27.5 Å². The molecule has 0 spiro atoms. The molecule has 0 saturated heterocycles. The average molecular weight is 505 g/mol. The number of hydrogen-bond donors (Lipinski definition) is 1. The first-order chi connectivity index (χ1) is 15.8. The molecular formula is C26H25BrN4O2. The molecule has 33 heavy (non-hydrogen) atoms. The first-order valence-electron chi connectivity index (χ1n) is 10.6. The van der Waals surface area contributed by atoms with Crippen molar-refractivity contribution in [2.24, 2.45) is 0 Å². The van der Waals surface area contributed by atoms with Crippen molar-refractivity contribution in [1.82, 2.24) is 14.5 Å². The van der Waals surface area contributed by atoms with Gasteiger partial charge in [0.15, 0.2) is 0 Å². The van der Waals surface area contributed by atoms with Crippen LogP contribution in [0.4, 0.5) is 10.5 Å². The van der Waals surface area contributed by atoms with Gasteiger partial charge >= 0.3 is 6.03 Å². The van der Waals surface area contributed by atoms with Crippen molar-refractivity contribution in [1.29, 1.82) is 0 Å². The van der Waals surface area contributed by atoms with Gasteiger partial charge in [-0.2, -0.15) is 0 Å². The van der Waals surface area contributed by atoms with Gasteiger partial charge in [0.1, 0.15) is 5.82 Å². The van der Waals surface area contributed by atoms with Gasteiger partial charge in [-0.1, -0.05) is 45.8 Å². The molecule has 2 amide bonds. The Morgan fingerprint density at radius 2 is 1.76 bits per heavy atom. The molecule has 0 radical (unpaired) electrons. The summed E-state index contributed by atoms with van der Waals surface area (Å²) in [5.41, 5.74) is 3.96. The molecular weight excluding hydrogens is 480 g/mol. The van der Waals surface area contributed by atoms with E-state index in [0.29, 0.717) is 22.4 Å². The fourth-order valence-corrected chi connectivity index (χ4v) is 4.08. The first kappa shape index (κ1) is 22.7. The highest BCUT2D eigenvalue weighted by Crippen LogP contribution is 2.25. The Bertz CT molecular complexity index is 1400. The molecule has 7 heteroatoms. The number of aryl methyl sites for hydroxylation is 2. The lowest BCUT2D eigenvalue weighted by atomic mass is 10.1. The summed E-state index contributed by atoms with van der Waals surface area (Å²) in [5, 5.41) is 3.44. The van der Waals surface area contributed by atoms with Crippen LogP contribution in [0.15, 0.2) is 76.0 Å². The number of anilines is 1. The summed E-state index contributed by atoms with van der Waals surface area (Å²) < 4.78 is 2.56. The molecule has 0 aliphatic carbocycles. The number of para-hydroxylation sites is 1. The summed E-state index contributed by atoms with van der Waals surface area (Å²) >= 11 is 3.40. The molecule has 4 rings (SSSR count). The van der Waals surface area contributed by atoms with Gasteiger partial charge in [0.05, 0.1) is 22.6 Å². The minimum Gasteiger partial charge on any atom is -0.318 e. The Hall–Kier alpha value is -3.45. The molecule has 1 unspecified atom stereocenters. The van der Waals surface area contributed by atoms with E-state index in [9.17, 15) is 9.59 Å². The van der Waals surface area contributed by atoms with Gasteiger partial charge in [0, 0.05) is 17.2 Å². The Morgan fingerprint density at radius 3 is 2.45 bits per heavy atom. The summed E-state index contributed by atoms with van der Waals surface area (Å²) in [7, 11) is 1.70. The third-order valence-corrected chi connectivity index (χ3v) is 6.29. The van der Waals surface area contributed by atoms with Crippen molar-refractivity contribution in [2.45, 2.75) is 26.8 Å². The predicted octanol–water partition coefficient (Wildman–Crippen LogP) is 5.99. The summed E-state index contributed by atoms with van der Waals surface area (Å²) in [6.45, 7) is 5.86. The third-order valence-electron chi connectivity index (χ3n) is 5.77.